The third kappa shape index (κ3) is 3.08. The first kappa shape index (κ1) is 18.9. The van der Waals surface area contributed by atoms with E-state index in [9.17, 15) is 9.59 Å². The number of fused-ring (bicyclic) bond motifs is 1. The first-order valence-corrected chi connectivity index (χ1v) is 10.1. The number of carbonyl (C=O) groups is 2. The fourth-order valence-corrected chi connectivity index (χ4v) is 4.80. The zero-order valence-corrected chi connectivity index (χ0v) is 16.7. The van der Waals surface area contributed by atoms with Gasteiger partial charge < -0.3 is 19.3 Å². The zero-order chi connectivity index (χ0) is 20.7. The molecular formula is C22H24N4O4. The molecule has 156 valence electrons. The third-order valence-corrected chi connectivity index (χ3v) is 6.18. The summed E-state index contributed by atoms with van der Waals surface area (Å²) in [6.07, 6.45) is 5.21. The number of hydrogen-bond donors (Lipinski definition) is 1. The van der Waals surface area contributed by atoms with Crippen molar-refractivity contribution in [3.8, 4) is 5.75 Å². The molecule has 4 heterocycles. The fraction of sp³-hybridized carbons (Fsp3) is 0.409. The predicted octanol–water partition coefficient (Wildman–Crippen LogP) is 1.23. The van der Waals surface area contributed by atoms with E-state index < -0.39 is 17.4 Å². The number of H-pyrrole nitrogens is 1. The van der Waals surface area contributed by atoms with Crippen LogP contribution in [0, 0.1) is 11.8 Å². The highest BCUT2D eigenvalue weighted by Gasteiger charge is 2.67. The Kier molecular flexibility index (Phi) is 4.58. The van der Waals surface area contributed by atoms with E-state index in [1.807, 2.05) is 48.6 Å². The van der Waals surface area contributed by atoms with Crippen molar-refractivity contribution in [1.82, 2.24) is 20.0 Å². The first-order valence-electron chi connectivity index (χ1n) is 10.1. The van der Waals surface area contributed by atoms with Crippen LogP contribution in [-0.4, -0.2) is 70.3 Å². The largest absolute Gasteiger partial charge is 0.492 e. The van der Waals surface area contributed by atoms with Crippen LogP contribution in [0.2, 0.25) is 0 Å². The molecular weight excluding hydrogens is 384 g/mol. The minimum absolute atomic E-state index is 0.0354. The number of ether oxygens (including phenoxy) is 2. The Morgan fingerprint density at radius 2 is 2.20 bits per heavy atom. The molecule has 1 N–H and O–H groups in total. The number of nitrogens with zero attached hydrogens (tertiary/aromatic N) is 3. The summed E-state index contributed by atoms with van der Waals surface area (Å²) in [5.41, 5.74) is 0.140. The van der Waals surface area contributed by atoms with Gasteiger partial charge in [0.25, 0.3) is 0 Å². The van der Waals surface area contributed by atoms with Gasteiger partial charge in [-0.05, 0) is 18.2 Å². The molecule has 0 unspecified atom stereocenters. The summed E-state index contributed by atoms with van der Waals surface area (Å²) < 4.78 is 11.9. The Hall–Kier alpha value is -3.13. The lowest BCUT2D eigenvalue weighted by molar-refractivity contribution is -0.142. The molecule has 2 bridgehead atoms. The molecule has 4 atom stereocenters. The summed E-state index contributed by atoms with van der Waals surface area (Å²) in [5.74, 6) is -0.335. The molecule has 30 heavy (non-hydrogen) atoms. The van der Waals surface area contributed by atoms with Crippen molar-refractivity contribution in [2.24, 2.45) is 11.8 Å². The van der Waals surface area contributed by atoms with Crippen LogP contribution in [0.15, 0.2) is 54.7 Å². The number of aromatic amines is 1. The monoisotopic (exact) mass is 408 g/mol. The highest BCUT2D eigenvalue weighted by molar-refractivity contribution is 5.93. The number of aromatic nitrogens is 2. The van der Waals surface area contributed by atoms with Crippen LogP contribution in [0.4, 0.5) is 0 Å². The Balaban J connectivity index is 1.27. The van der Waals surface area contributed by atoms with Crippen LogP contribution in [0.3, 0.4) is 0 Å². The normalized spacial score (nSPS) is 28.8. The Labute approximate surface area is 174 Å². The number of para-hydroxylation sites is 1. The quantitative estimate of drug-likeness (QED) is 0.697. The van der Waals surface area contributed by atoms with E-state index >= 15 is 0 Å². The summed E-state index contributed by atoms with van der Waals surface area (Å²) in [4.78, 5) is 29.9. The molecule has 3 aliphatic rings. The lowest BCUT2D eigenvalue weighted by Gasteiger charge is -2.27. The molecule has 8 nitrogen and oxygen atoms in total. The molecule has 1 spiro atoms. The molecule has 3 aliphatic heterocycles. The van der Waals surface area contributed by atoms with Crippen LogP contribution in [0.25, 0.3) is 0 Å². The summed E-state index contributed by atoms with van der Waals surface area (Å²) in [5, 5.41) is 6.79. The summed E-state index contributed by atoms with van der Waals surface area (Å²) >= 11 is 0. The Bertz CT molecular complexity index is 961. The maximum atomic E-state index is 13.2. The van der Waals surface area contributed by atoms with Gasteiger partial charge in [-0.3, -0.25) is 14.7 Å². The standard InChI is InChI=1S/C22H24N4O4/c1-25(13-15-8-10-23-24-15)20(27)18-17-7-9-22(30-17)14-26(21(28)19(18)22)11-12-29-16-5-3-2-4-6-16/h2-10,17-19H,11-14H2,1H3,(H,23,24)/t17-,18+,19+,22-/m0/s1. The SMILES string of the molecule is CN(Cc1ccn[nH]1)C(=O)[C@@H]1[C@@H]2C=C[C@@]3(CN(CCOc4ccccc4)C(=O)[C@@H]13)O2. The predicted molar refractivity (Wildman–Crippen MR) is 107 cm³/mol. The number of hydrogen-bond acceptors (Lipinski definition) is 5. The highest BCUT2D eigenvalue weighted by Crippen LogP contribution is 2.52. The summed E-state index contributed by atoms with van der Waals surface area (Å²) in [6, 6.07) is 11.4. The number of carbonyl (C=O) groups excluding carboxylic acids is 2. The number of amides is 2. The smallest absolute Gasteiger partial charge is 0.230 e. The van der Waals surface area contributed by atoms with Gasteiger partial charge in [-0.1, -0.05) is 30.4 Å². The number of rotatable bonds is 7. The van der Waals surface area contributed by atoms with E-state index in [2.05, 4.69) is 10.2 Å². The molecule has 1 aromatic carbocycles. The third-order valence-electron chi connectivity index (χ3n) is 6.18. The molecule has 1 aromatic heterocycles. The number of benzene rings is 1. The average molecular weight is 408 g/mol. The number of likely N-dealkylation sites (tertiary alicyclic amines) is 1. The second kappa shape index (κ2) is 7.28. The van der Waals surface area contributed by atoms with Crippen molar-refractivity contribution in [3.63, 3.8) is 0 Å². The van der Waals surface area contributed by atoms with Crippen molar-refractivity contribution in [1.29, 1.82) is 0 Å². The minimum atomic E-state index is -0.705. The second-order valence-electron chi connectivity index (χ2n) is 8.10. The van der Waals surface area contributed by atoms with Gasteiger partial charge in [0.1, 0.15) is 18.0 Å². The lowest BCUT2D eigenvalue weighted by Crippen LogP contribution is -2.44. The van der Waals surface area contributed by atoms with Crippen LogP contribution < -0.4 is 4.74 Å². The van der Waals surface area contributed by atoms with Crippen molar-refractivity contribution < 1.29 is 19.1 Å². The van der Waals surface area contributed by atoms with Gasteiger partial charge in [-0.25, -0.2) is 0 Å². The van der Waals surface area contributed by atoms with E-state index in [0.717, 1.165) is 11.4 Å². The zero-order valence-electron chi connectivity index (χ0n) is 16.7. The van der Waals surface area contributed by atoms with E-state index in [-0.39, 0.29) is 17.9 Å². The van der Waals surface area contributed by atoms with Gasteiger partial charge >= 0.3 is 0 Å². The molecule has 5 rings (SSSR count). The van der Waals surface area contributed by atoms with Gasteiger partial charge in [-0.2, -0.15) is 5.10 Å². The second-order valence-corrected chi connectivity index (χ2v) is 8.10. The van der Waals surface area contributed by atoms with Crippen LogP contribution in [-0.2, 0) is 20.9 Å². The van der Waals surface area contributed by atoms with Gasteiger partial charge in [-0.15, -0.1) is 0 Å². The number of nitrogens with one attached hydrogen (secondary N) is 1. The fourth-order valence-electron chi connectivity index (χ4n) is 4.80. The van der Waals surface area contributed by atoms with E-state index in [1.54, 1.807) is 23.0 Å². The topological polar surface area (TPSA) is 87.8 Å². The van der Waals surface area contributed by atoms with E-state index in [1.165, 1.54) is 0 Å². The molecule has 8 heteroatoms. The van der Waals surface area contributed by atoms with Crippen LogP contribution in [0.5, 0.6) is 5.75 Å². The maximum absolute atomic E-state index is 13.2. The molecule has 2 aromatic rings. The van der Waals surface area contributed by atoms with Gasteiger partial charge in [0.2, 0.25) is 11.8 Å². The van der Waals surface area contributed by atoms with E-state index in [0.29, 0.717) is 26.2 Å². The molecule has 2 amide bonds. The molecule has 2 saturated heterocycles. The Morgan fingerprint density at radius 1 is 1.37 bits per heavy atom. The molecule has 2 fully saturated rings. The van der Waals surface area contributed by atoms with Crippen molar-refractivity contribution >= 4 is 11.8 Å². The van der Waals surface area contributed by atoms with Gasteiger partial charge in [0, 0.05) is 13.2 Å². The molecule has 0 radical (unpaired) electrons. The lowest BCUT2D eigenvalue weighted by atomic mass is 9.76. The van der Waals surface area contributed by atoms with Crippen LogP contribution in [0.1, 0.15) is 5.69 Å². The minimum Gasteiger partial charge on any atom is -0.492 e. The maximum Gasteiger partial charge on any atom is 0.230 e. The highest BCUT2D eigenvalue weighted by atomic mass is 16.5. The molecule has 0 aliphatic carbocycles. The Morgan fingerprint density at radius 3 is 2.97 bits per heavy atom. The first-order chi connectivity index (χ1) is 14.6. The van der Waals surface area contributed by atoms with Crippen molar-refractivity contribution in [2.75, 3.05) is 26.7 Å². The average Bonchev–Trinajstić information content (AvgIpc) is 3.51. The molecule has 0 saturated carbocycles. The summed E-state index contributed by atoms with van der Waals surface area (Å²) in [6.45, 7) is 1.72. The van der Waals surface area contributed by atoms with E-state index in [4.69, 9.17) is 9.47 Å². The van der Waals surface area contributed by atoms with Crippen molar-refractivity contribution in [2.45, 2.75) is 18.2 Å². The van der Waals surface area contributed by atoms with Crippen LogP contribution >= 0.6 is 0 Å². The van der Waals surface area contributed by atoms with Crippen molar-refractivity contribution in [3.05, 3.63) is 60.4 Å². The van der Waals surface area contributed by atoms with Gasteiger partial charge in [0.15, 0.2) is 0 Å². The summed E-state index contributed by atoms with van der Waals surface area (Å²) in [7, 11) is 1.75. The van der Waals surface area contributed by atoms with Gasteiger partial charge in [0.05, 0.1) is 43.3 Å².